The molecular formula is C12H16FNO3. The largest absolute Gasteiger partial charge is 0.507 e. The summed E-state index contributed by atoms with van der Waals surface area (Å²) in [5.74, 6) is -1.92. The number of benzene rings is 1. The van der Waals surface area contributed by atoms with Crippen molar-refractivity contribution in [3.63, 3.8) is 0 Å². The number of rotatable bonds is 5. The molecule has 3 N–H and O–H groups in total. The highest BCUT2D eigenvalue weighted by molar-refractivity contribution is 5.97. The van der Waals surface area contributed by atoms with E-state index in [1.807, 2.05) is 6.92 Å². The van der Waals surface area contributed by atoms with E-state index in [9.17, 15) is 19.4 Å². The van der Waals surface area contributed by atoms with Crippen molar-refractivity contribution in [3.05, 3.63) is 29.6 Å². The highest BCUT2D eigenvalue weighted by atomic mass is 19.1. The van der Waals surface area contributed by atoms with Gasteiger partial charge in [0.2, 0.25) is 0 Å². The number of aromatic hydroxyl groups is 1. The third-order valence-corrected chi connectivity index (χ3v) is 2.34. The van der Waals surface area contributed by atoms with Crippen LogP contribution in [0.4, 0.5) is 4.39 Å². The maximum Gasteiger partial charge on any atom is 0.258 e. The summed E-state index contributed by atoms with van der Waals surface area (Å²) < 4.78 is 13.3. The Hall–Kier alpha value is -1.62. The zero-order chi connectivity index (χ0) is 12.8. The second-order valence-electron chi connectivity index (χ2n) is 3.79. The van der Waals surface area contributed by atoms with Gasteiger partial charge >= 0.3 is 0 Å². The van der Waals surface area contributed by atoms with Gasteiger partial charge in [0.25, 0.3) is 5.91 Å². The van der Waals surface area contributed by atoms with Gasteiger partial charge in [0.05, 0.1) is 6.10 Å². The lowest BCUT2D eigenvalue weighted by Gasteiger charge is -2.11. The maximum absolute atomic E-state index is 13.3. The first-order valence-corrected chi connectivity index (χ1v) is 5.50. The van der Waals surface area contributed by atoms with Crippen molar-refractivity contribution in [2.75, 3.05) is 6.54 Å². The van der Waals surface area contributed by atoms with Gasteiger partial charge in [0.1, 0.15) is 17.1 Å². The van der Waals surface area contributed by atoms with Crippen molar-refractivity contribution in [2.24, 2.45) is 0 Å². The molecule has 1 atom stereocenters. The predicted molar refractivity (Wildman–Crippen MR) is 61.3 cm³/mol. The molecule has 0 saturated carbocycles. The van der Waals surface area contributed by atoms with Crippen LogP contribution in [0.1, 0.15) is 30.1 Å². The summed E-state index contributed by atoms with van der Waals surface area (Å²) >= 11 is 0. The van der Waals surface area contributed by atoms with Crippen molar-refractivity contribution in [3.8, 4) is 5.75 Å². The molecule has 0 aliphatic heterocycles. The third kappa shape index (κ3) is 3.71. The van der Waals surface area contributed by atoms with E-state index in [4.69, 9.17) is 0 Å². The van der Waals surface area contributed by atoms with Crippen LogP contribution in [-0.2, 0) is 0 Å². The van der Waals surface area contributed by atoms with Gasteiger partial charge in [-0.05, 0) is 18.6 Å². The molecule has 1 aromatic carbocycles. The lowest BCUT2D eigenvalue weighted by Crippen LogP contribution is -2.32. The fourth-order valence-corrected chi connectivity index (χ4v) is 1.47. The highest BCUT2D eigenvalue weighted by Gasteiger charge is 2.16. The molecule has 1 unspecified atom stereocenters. The summed E-state index contributed by atoms with van der Waals surface area (Å²) in [4.78, 5) is 11.6. The summed E-state index contributed by atoms with van der Waals surface area (Å²) in [7, 11) is 0. The molecule has 5 heteroatoms. The number of carbonyl (C=O) groups excluding carboxylic acids is 1. The molecule has 17 heavy (non-hydrogen) atoms. The molecule has 1 rings (SSSR count). The summed E-state index contributed by atoms with van der Waals surface area (Å²) in [6.07, 6.45) is 0.698. The van der Waals surface area contributed by atoms with Gasteiger partial charge in [-0.25, -0.2) is 4.39 Å². The van der Waals surface area contributed by atoms with Crippen LogP contribution in [0, 0.1) is 5.82 Å². The average molecular weight is 241 g/mol. The van der Waals surface area contributed by atoms with Gasteiger partial charge in [0, 0.05) is 6.54 Å². The number of aliphatic hydroxyl groups excluding tert-OH is 1. The summed E-state index contributed by atoms with van der Waals surface area (Å²) in [6, 6.07) is 3.64. The van der Waals surface area contributed by atoms with Gasteiger partial charge < -0.3 is 15.5 Å². The van der Waals surface area contributed by atoms with Crippen molar-refractivity contribution < 1.29 is 19.4 Å². The molecule has 0 aromatic heterocycles. The zero-order valence-corrected chi connectivity index (χ0v) is 9.61. The average Bonchev–Trinajstić information content (AvgIpc) is 2.26. The first-order chi connectivity index (χ1) is 8.06. The molecule has 0 aliphatic rings. The Morgan fingerprint density at radius 1 is 1.53 bits per heavy atom. The minimum atomic E-state index is -0.785. The maximum atomic E-state index is 13.3. The SMILES string of the molecule is CCCC(O)CNC(=O)c1c(O)cccc1F. The molecule has 0 spiro atoms. The minimum Gasteiger partial charge on any atom is -0.507 e. The highest BCUT2D eigenvalue weighted by Crippen LogP contribution is 2.19. The van der Waals surface area contributed by atoms with Crippen LogP contribution in [0.5, 0.6) is 5.75 Å². The van der Waals surface area contributed by atoms with Crippen LogP contribution in [0.15, 0.2) is 18.2 Å². The van der Waals surface area contributed by atoms with Crippen molar-refractivity contribution in [2.45, 2.75) is 25.9 Å². The number of aliphatic hydroxyl groups is 1. The van der Waals surface area contributed by atoms with Gasteiger partial charge in [-0.15, -0.1) is 0 Å². The zero-order valence-electron chi connectivity index (χ0n) is 9.61. The summed E-state index contributed by atoms with van der Waals surface area (Å²) in [6.45, 7) is 1.95. The molecule has 0 bridgehead atoms. The normalized spacial score (nSPS) is 12.2. The second-order valence-corrected chi connectivity index (χ2v) is 3.79. The number of carbonyl (C=O) groups is 1. The standard InChI is InChI=1S/C12H16FNO3/c1-2-4-8(15)7-14-12(17)11-9(13)5-3-6-10(11)16/h3,5-6,8,15-16H,2,4,7H2,1H3,(H,14,17). The summed E-state index contributed by atoms with van der Waals surface area (Å²) in [5.41, 5.74) is -0.392. The van der Waals surface area contributed by atoms with Crippen molar-refractivity contribution >= 4 is 5.91 Å². The first-order valence-electron chi connectivity index (χ1n) is 5.50. The lowest BCUT2D eigenvalue weighted by molar-refractivity contribution is 0.0903. The molecule has 0 heterocycles. The summed E-state index contributed by atoms with van der Waals surface area (Å²) in [5, 5.41) is 21.2. The first kappa shape index (κ1) is 13.4. The Kier molecular flexibility index (Phi) is 4.90. The van der Waals surface area contributed by atoms with Crippen LogP contribution in [0.3, 0.4) is 0 Å². The minimum absolute atomic E-state index is 0.0421. The lowest BCUT2D eigenvalue weighted by atomic mass is 10.1. The topological polar surface area (TPSA) is 69.6 Å². The number of phenols is 1. The number of amides is 1. The van der Waals surface area contributed by atoms with Crippen LogP contribution >= 0.6 is 0 Å². The molecule has 4 nitrogen and oxygen atoms in total. The number of halogens is 1. The van der Waals surface area contributed by atoms with E-state index in [0.717, 1.165) is 12.5 Å². The Morgan fingerprint density at radius 2 is 2.24 bits per heavy atom. The van der Waals surface area contributed by atoms with Gasteiger partial charge in [-0.1, -0.05) is 19.4 Å². The molecule has 1 amide bonds. The molecule has 94 valence electrons. The van der Waals surface area contributed by atoms with Crippen LogP contribution in [0.25, 0.3) is 0 Å². The Morgan fingerprint density at radius 3 is 2.82 bits per heavy atom. The fourth-order valence-electron chi connectivity index (χ4n) is 1.47. The Balaban J connectivity index is 2.64. The molecular weight excluding hydrogens is 225 g/mol. The monoisotopic (exact) mass is 241 g/mol. The number of hydrogen-bond acceptors (Lipinski definition) is 3. The van der Waals surface area contributed by atoms with Gasteiger partial charge in [-0.2, -0.15) is 0 Å². The molecule has 0 radical (unpaired) electrons. The molecule has 0 saturated heterocycles. The predicted octanol–water partition coefficient (Wildman–Crippen LogP) is 1.42. The molecule has 0 aliphatic carbocycles. The van der Waals surface area contributed by atoms with E-state index >= 15 is 0 Å². The van der Waals surface area contributed by atoms with E-state index in [1.54, 1.807) is 0 Å². The van der Waals surface area contributed by atoms with E-state index in [1.165, 1.54) is 12.1 Å². The van der Waals surface area contributed by atoms with Crippen LogP contribution in [-0.4, -0.2) is 28.8 Å². The van der Waals surface area contributed by atoms with Crippen LogP contribution < -0.4 is 5.32 Å². The number of phenolic OH excluding ortho intramolecular Hbond substituents is 1. The van der Waals surface area contributed by atoms with Crippen LogP contribution in [0.2, 0.25) is 0 Å². The molecule has 0 fully saturated rings. The van der Waals surface area contributed by atoms with E-state index in [2.05, 4.69) is 5.32 Å². The number of nitrogens with one attached hydrogen (secondary N) is 1. The van der Waals surface area contributed by atoms with Crippen molar-refractivity contribution in [1.82, 2.24) is 5.32 Å². The van der Waals surface area contributed by atoms with Crippen molar-refractivity contribution in [1.29, 1.82) is 0 Å². The molecule has 1 aromatic rings. The van der Waals surface area contributed by atoms with E-state index in [-0.39, 0.29) is 6.54 Å². The Bertz CT molecular complexity index is 375. The second kappa shape index (κ2) is 6.20. The fraction of sp³-hybridized carbons (Fsp3) is 0.417. The van der Waals surface area contributed by atoms with Gasteiger partial charge in [0.15, 0.2) is 0 Å². The quantitative estimate of drug-likeness (QED) is 0.730. The smallest absolute Gasteiger partial charge is 0.258 e. The van der Waals surface area contributed by atoms with E-state index in [0.29, 0.717) is 6.42 Å². The number of hydrogen-bond donors (Lipinski definition) is 3. The van der Waals surface area contributed by atoms with Gasteiger partial charge in [-0.3, -0.25) is 4.79 Å². The third-order valence-electron chi connectivity index (χ3n) is 2.34. The van der Waals surface area contributed by atoms with E-state index < -0.39 is 29.1 Å². The Labute approximate surface area is 99.1 Å².